The Kier molecular flexibility index (Phi) is 25.5. The average Bonchev–Trinajstić information content (AvgIpc) is 0.811. The summed E-state index contributed by atoms with van der Waals surface area (Å²) in [6.07, 6.45) is 0. The van der Waals surface area contributed by atoms with Gasteiger partial charge in [-0.2, -0.15) is 0 Å². The van der Waals surface area contributed by atoms with Crippen LogP contribution in [0.25, 0.3) is 0 Å². The van der Waals surface area contributed by atoms with Crippen LogP contribution in [-0.4, -0.2) is 10.6 Å². The fourth-order valence-electron chi connectivity index (χ4n) is 0. The Hall–Kier alpha value is -0.321. The summed E-state index contributed by atoms with van der Waals surface area (Å²) in [7, 11) is 0. The molecule has 0 fully saturated rings. The average molecular weight is 144 g/mol. The largest absolute Gasteiger partial charge is 2.00 e. The third-order valence-electron chi connectivity index (χ3n) is 0. The van der Waals surface area contributed by atoms with Crippen LogP contribution in [0.5, 0.6) is 0 Å². The number of nitrogens with zero attached hydrogens (tertiary/aromatic N) is 1. The van der Waals surface area contributed by atoms with Crippen molar-refractivity contribution in [2.75, 3.05) is 0 Å². The predicted octanol–water partition coefficient (Wildman–Crippen LogP) is -1.07. The Labute approximate surface area is 43.9 Å². The van der Waals surface area contributed by atoms with Crippen molar-refractivity contribution in [3.8, 4) is 0 Å². The number of rotatable bonds is 0. The third kappa shape index (κ3) is 257. The fraction of sp³-hybridized carbons (Fsp3) is 0. The van der Waals surface area contributed by atoms with Gasteiger partial charge in [0.05, 0.1) is 5.09 Å². The summed E-state index contributed by atoms with van der Waals surface area (Å²) in [6, 6.07) is 0. The van der Waals surface area contributed by atoms with Crippen LogP contribution in [0.3, 0.4) is 0 Å². The summed E-state index contributed by atoms with van der Waals surface area (Å²) < 4.78 is 0. The summed E-state index contributed by atoms with van der Waals surface area (Å²) in [5.41, 5.74) is 0. The van der Waals surface area contributed by atoms with Crippen LogP contribution in [0.4, 0.5) is 0 Å². The van der Waals surface area contributed by atoms with Crippen molar-refractivity contribution in [2.24, 2.45) is 0 Å². The zero-order valence-electron chi connectivity index (χ0n) is 2.47. The molecule has 0 aliphatic carbocycles. The molecule has 6 heavy (non-hydrogen) atoms. The SMILES string of the molecule is O.O=[N+]([O-])[O-].[Cu+2]. The van der Waals surface area contributed by atoms with Crippen LogP contribution < -0.4 is 0 Å². The standard InChI is InChI=1S/Cu.NO3.H2O/c;2-1(3)4;/h;;1H2/q+2;-1;. The van der Waals surface area contributed by atoms with Crippen LogP contribution in [0.1, 0.15) is 0 Å². The molecule has 0 saturated carbocycles. The zero-order chi connectivity index (χ0) is 3.58. The summed E-state index contributed by atoms with van der Waals surface area (Å²) in [6.45, 7) is 0. The Balaban J connectivity index is -0.0000000450. The van der Waals surface area contributed by atoms with Gasteiger partial charge in [0.1, 0.15) is 0 Å². The van der Waals surface area contributed by atoms with Crippen molar-refractivity contribution < 1.29 is 27.6 Å². The molecule has 1 radical (unpaired) electrons. The maximum absolute atomic E-state index is 8.25. The summed E-state index contributed by atoms with van der Waals surface area (Å²) in [5.74, 6) is 0. The molecule has 0 aromatic carbocycles. The van der Waals surface area contributed by atoms with Crippen molar-refractivity contribution in [3.05, 3.63) is 15.3 Å². The van der Waals surface area contributed by atoms with Gasteiger partial charge in [-0.3, -0.25) is 0 Å². The maximum atomic E-state index is 8.25. The third-order valence-corrected chi connectivity index (χ3v) is 0. The van der Waals surface area contributed by atoms with Crippen molar-refractivity contribution in [2.45, 2.75) is 0 Å². The van der Waals surface area contributed by atoms with E-state index in [1.807, 2.05) is 0 Å². The van der Waals surface area contributed by atoms with Crippen molar-refractivity contribution >= 4 is 0 Å². The van der Waals surface area contributed by atoms with E-state index in [-0.39, 0.29) is 22.5 Å². The van der Waals surface area contributed by atoms with Crippen LogP contribution in [0, 0.1) is 15.3 Å². The number of hydrogen-bond acceptors (Lipinski definition) is 3. The second-order valence-corrected chi connectivity index (χ2v) is 0.224. The fourth-order valence-corrected chi connectivity index (χ4v) is 0. The van der Waals surface area contributed by atoms with E-state index in [4.69, 9.17) is 15.3 Å². The summed E-state index contributed by atoms with van der Waals surface area (Å²) >= 11 is 0. The maximum Gasteiger partial charge on any atom is 2.00 e. The minimum atomic E-state index is -1.75. The van der Waals surface area contributed by atoms with Gasteiger partial charge < -0.3 is 20.8 Å². The topological polar surface area (TPSA) is 97.7 Å². The van der Waals surface area contributed by atoms with E-state index < -0.39 is 5.09 Å². The monoisotopic (exact) mass is 143 g/mol. The van der Waals surface area contributed by atoms with Gasteiger partial charge >= 0.3 is 17.1 Å². The molecule has 0 amide bonds. The van der Waals surface area contributed by atoms with Gasteiger partial charge in [-0.1, -0.05) is 0 Å². The van der Waals surface area contributed by atoms with Gasteiger partial charge in [0.2, 0.25) is 0 Å². The molecule has 0 bridgehead atoms. The molecule has 0 aromatic rings. The first-order valence-corrected chi connectivity index (χ1v) is 0.548. The van der Waals surface area contributed by atoms with Crippen LogP contribution in [-0.2, 0) is 17.1 Å². The van der Waals surface area contributed by atoms with Gasteiger partial charge in [-0.25, -0.2) is 0 Å². The van der Waals surface area contributed by atoms with Crippen LogP contribution >= 0.6 is 0 Å². The molecule has 0 rings (SSSR count). The first-order valence-electron chi connectivity index (χ1n) is 0.548. The van der Waals surface area contributed by atoms with Crippen LogP contribution in [0.2, 0.25) is 0 Å². The molecule has 0 unspecified atom stereocenters. The van der Waals surface area contributed by atoms with E-state index in [0.717, 1.165) is 0 Å². The molecule has 0 aliphatic rings. The molecule has 0 saturated heterocycles. The molecular formula is H2CuNO4+. The van der Waals surface area contributed by atoms with Gasteiger partial charge in [0, 0.05) is 0 Å². The van der Waals surface area contributed by atoms with E-state index in [1.165, 1.54) is 0 Å². The molecule has 0 atom stereocenters. The Morgan fingerprint density at radius 3 is 1.33 bits per heavy atom. The van der Waals surface area contributed by atoms with E-state index in [2.05, 4.69) is 0 Å². The minimum absolute atomic E-state index is 0. The molecule has 0 aromatic heterocycles. The molecule has 41 valence electrons. The van der Waals surface area contributed by atoms with Gasteiger partial charge in [0.25, 0.3) is 0 Å². The first-order chi connectivity index (χ1) is 1.73. The quantitative estimate of drug-likeness (QED) is 0.245. The first kappa shape index (κ1) is 17.3. The Bertz CT molecular complexity index is 30.5. The second kappa shape index (κ2) is 8.82. The molecule has 0 heterocycles. The van der Waals surface area contributed by atoms with Crippen molar-refractivity contribution in [1.29, 1.82) is 0 Å². The zero-order valence-corrected chi connectivity index (χ0v) is 3.42. The normalized spacial score (nSPS) is 4.00. The van der Waals surface area contributed by atoms with Crippen molar-refractivity contribution in [1.82, 2.24) is 0 Å². The van der Waals surface area contributed by atoms with Gasteiger partial charge in [-0.05, 0) is 0 Å². The Morgan fingerprint density at radius 1 is 1.33 bits per heavy atom. The molecular weight excluding hydrogens is 142 g/mol. The van der Waals surface area contributed by atoms with Gasteiger partial charge in [0.15, 0.2) is 0 Å². The molecule has 0 spiro atoms. The predicted molar refractivity (Wildman–Crippen MR) is 14.0 cm³/mol. The van der Waals surface area contributed by atoms with Gasteiger partial charge in [-0.15, -0.1) is 0 Å². The van der Waals surface area contributed by atoms with Crippen molar-refractivity contribution in [3.63, 3.8) is 0 Å². The molecule has 0 aliphatic heterocycles. The molecule has 6 heteroatoms. The van der Waals surface area contributed by atoms with E-state index in [1.54, 1.807) is 0 Å². The smallest absolute Gasteiger partial charge is 0.412 e. The molecule has 5 nitrogen and oxygen atoms in total. The molecule has 2 N–H and O–H groups in total. The van der Waals surface area contributed by atoms with Crippen LogP contribution in [0.15, 0.2) is 0 Å². The van der Waals surface area contributed by atoms with E-state index in [9.17, 15) is 0 Å². The Morgan fingerprint density at radius 2 is 1.33 bits per heavy atom. The second-order valence-electron chi connectivity index (χ2n) is 0.224. The summed E-state index contributed by atoms with van der Waals surface area (Å²) in [5, 5.41) is 14.8. The summed E-state index contributed by atoms with van der Waals surface area (Å²) in [4.78, 5) is 8.25. The number of hydrogen-bond donors (Lipinski definition) is 0. The van der Waals surface area contributed by atoms with E-state index in [0.29, 0.717) is 0 Å². The van der Waals surface area contributed by atoms with E-state index >= 15 is 0 Å². The minimum Gasteiger partial charge on any atom is -0.412 e.